The van der Waals surface area contributed by atoms with Gasteiger partial charge in [0.15, 0.2) is 5.82 Å². The van der Waals surface area contributed by atoms with Crippen molar-refractivity contribution in [3.05, 3.63) is 57.9 Å². The van der Waals surface area contributed by atoms with Gasteiger partial charge in [-0.1, -0.05) is 12.1 Å². The lowest BCUT2D eigenvalue weighted by Gasteiger charge is -2.07. The van der Waals surface area contributed by atoms with E-state index in [1.54, 1.807) is 24.3 Å². The van der Waals surface area contributed by atoms with Gasteiger partial charge < -0.3 is 10.3 Å². The minimum Gasteiger partial charge on any atom is -0.349 e. The number of carbonyl (C=O) groups is 1. The minimum atomic E-state index is -0.383. The number of hydrogen-bond donors (Lipinski definition) is 2. The van der Waals surface area contributed by atoms with Gasteiger partial charge in [0, 0.05) is 18.8 Å². The lowest BCUT2D eigenvalue weighted by atomic mass is 10.2. The molecule has 3 aromatic rings. The van der Waals surface area contributed by atoms with Gasteiger partial charge in [-0.05, 0) is 38.5 Å². The molecule has 0 aliphatic heterocycles. The third kappa shape index (κ3) is 3.34. The second-order valence-electron chi connectivity index (χ2n) is 5.69. The van der Waals surface area contributed by atoms with Crippen LogP contribution in [-0.2, 0) is 6.54 Å². The number of fused-ring (bicyclic) bond motifs is 1. The molecule has 0 spiro atoms. The Morgan fingerprint density at radius 3 is 2.83 bits per heavy atom. The molecule has 2 aromatic heterocycles. The highest BCUT2D eigenvalue weighted by Crippen LogP contribution is 2.05. The fourth-order valence-corrected chi connectivity index (χ4v) is 2.61. The van der Waals surface area contributed by atoms with Crippen molar-refractivity contribution < 1.29 is 4.79 Å². The summed E-state index contributed by atoms with van der Waals surface area (Å²) in [7, 11) is 0. The van der Waals surface area contributed by atoms with Crippen LogP contribution in [0.2, 0.25) is 0 Å². The van der Waals surface area contributed by atoms with Crippen molar-refractivity contribution in [2.75, 3.05) is 6.54 Å². The third-order valence-corrected chi connectivity index (χ3v) is 3.76. The van der Waals surface area contributed by atoms with Gasteiger partial charge in [-0.25, -0.2) is 4.98 Å². The lowest BCUT2D eigenvalue weighted by Crippen LogP contribution is -2.29. The van der Waals surface area contributed by atoms with Crippen LogP contribution in [0, 0.1) is 13.8 Å². The summed E-state index contributed by atoms with van der Waals surface area (Å²) in [4.78, 5) is 30.9. The highest BCUT2D eigenvalue weighted by atomic mass is 16.2. The van der Waals surface area contributed by atoms with Gasteiger partial charge in [0.05, 0.1) is 16.6 Å². The molecular formula is C17H19N5O2. The Balaban J connectivity index is 1.61. The fraction of sp³-hybridized carbons (Fsp3) is 0.294. The van der Waals surface area contributed by atoms with Crippen LogP contribution in [0.25, 0.3) is 10.9 Å². The molecule has 7 heteroatoms. The minimum absolute atomic E-state index is 0.0322. The highest BCUT2D eigenvalue weighted by Gasteiger charge is 2.10. The number of aromatic nitrogens is 4. The van der Waals surface area contributed by atoms with E-state index in [9.17, 15) is 9.59 Å². The number of nitrogens with zero attached hydrogens (tertiary/aromatic N) is 3. The van der Waals surface area contributed by atoms with Crippen LogP contribution in [0.4, 0.5) is 0 Å². The normalized spacial score (nSPS) is 10.9. The quantitative estimate of drug-likeness (QED) is 0.696. The second-order valence-corrected chi connectivity index (χ2v) is 5.69. The summed E-state index contributed by atoms with van der Waals surface area (Å²) in [5.41, 5.74) is 2.27. The molecule has 0 saturated carbocycles. The Morgan fingerprint density at radius 1 is 1.29 bits per heavy atom. The first-order valence-electron chi connectivity index (χ1n) is 7.83. The smallest absolute Gasteiger partial charge is 0.287 e. The number of benzene rings is 1. The van der Waals surface area contributed by atoms with Crippen molar-refractivity contribution in [2.45, 2.75) is 26.8 Å². The topological polar surface area (TPSA) is 92.7 Å². The van der Waals surface area contributed by atoms with Crippen molar-refractivity contribution in [1.82, 2.24) is 25.1 Å². The van der Waals surface area contributed by atoms with Gasteiger partial charge >= 0.3 is 0 Å². The zero-order valence-electron chi connectivity index (χ0n) is 13.7. The molecule has 24 heavy (non-hydrogen) atoms. The van der Waals surface area contributed by atoms with E-state index >= 15 is 0 Å². The van der Waals surface area contributed by atoms with Crippen LogP contribution in [0.15, 0.2) is 35.1 Å². The summed E-state index contributed by atoms with van der Waals surface area (Å²) >= 11 is 0. The molecule has 0 atom stereocenters. The molecule has 3 rings (SSSR count). The van der Waals surface area contributed by atoms with Crippen LogP contribution in [0.3, 0.4) is 0 Å². The zero-order chi connectivity index (χ0) is 17.1. The van der Waals surface area contributed by atoms with Gasteiger partial charge in [-0.3, -0.25) is 14.3 Å². The molecule has 2 N–H and O–H groups in total. The molecule has 0 saturated heterocycles. The molecule has 0 aliphatic carbocycles. The average molecular weight is 325 g/mol. The predicted molar refractivity (Wildman–Crippen MR) is 91.0 cm³/mol. The predicted octanol–water partition coefficient (Wildman–Crippen LogP) is 1.56. The standard InChI is InChI=1S/C17H19N5O2/c1-11-10-12(2)22(21-11)9-5-8-18-17(24)15-19-14-7-4-3-6-13(14)16(23)20-15/h3-4,6-7,10H,5,8-9H2,1-2H3,(H,18,24)(H,19,20,23). The zero-order valence-corrected chi connectivity index (χ0v) is 13.7. The summed E-state index contributed by atoms with van der Waals surface area (Å²) in [6.07, 6.45) is 0.742. The van der Waals surface area contributed by atoms with Crippen molar-refractivity contribution in [3.8, 4) is 0 Å². The Hall–Kier alpha value is -2.96. The monoisotopic (exact) mass is 325 g/mol. The van der Waals surface area contributed by atoms with Crippen LogP contribution >= 0.6 is 0 Å². The SMILES string of the molecule is Cc1cc(C)n(CCCNC(=O)c2nc3ccccc3c(=O)[nH]2)n1. The summed E-state index contributed by atoms with van der Waals surface area (Å²) in [6.45, 7) is 5.16. The molecule has 0 bridgehead atoms. The maximum atomic E-state index is 12.2. The highest BCUT2D eigenvalue weighted by molar-refractivity contribution is 5.92. The Labute approximate surface area is 138 Å². The molecular weight excluding hydrogens is 306 g/mol. The van der Waals surface area contributed by atoms with Gasteiger partial charge in [-0.2, -0.15) is 5.10 Å². The molecule has 0 fully saturated rings. The largest absolute Gasteiger partial charge is 0.349 e. The molecule has 7 nitrogen and oxygen atoms in total. The van der Waals surface area contributed by atoms with Crippen LogP contribution < -0.4 is 10.9 Å². The third-order valence-electron chi connectivity index (χ3n) is 3.76. The van der Waals surface area contributed by atoms with E-state index in [2.05, 4.69) is 20.4 Å². The molecule has 0 unspecified atom stereocenters. The first kappa shape index (κ1) is 15.9. The average Bonchev–Trinajstić information content (AvgIpc) is 2.89. The molecule has 1 aromatic carbocycles. The van der Waals surface area contributed by atoms with Crippen LogP contribution in [0.1, 0.15) is 28.4 Å². The number of carbonyl (C=O) groups excluding carboxylic acids is 1. The number of H-pyrrole nitrogens is 1. The number of rotatable bonds is 5. The fourth-order valence-electron chi connectivity index (χ4n) is 2.61. The van der Waals surface area contributed by atoms with E-state index in [-0.39, 0.29) is 17.3 Å². The van der Waals surface area contributed by atoms with Crippen LogP contribution in [-0.4, -0.2) is 32.2 Å². The van der Waals surface area contributed by atoms with Gasteiger partial charge in [0.1, 0.15) is 0 Å². The summed E-state index contributed by atoms with van der Waals surface area (Å²) < 4.78 is 1.91. The Bertz CT molecular complexity index is 942. The Morgan fingerprint density at radius 2 is 2.08 bits per heavy atom. The number of aryl methyl sites for hydroxylation is 3. The van der Waals surface area contributed by atoms with Crippen LogP contribution in [0.5, 0.6) is 0 Å². The molecule has 124 valence electrons. The number of amides is 1. The van der Waals surface area contributed by atoms with E-state index in [0.717, 1.165) is 24.4 Å². The van der Waals surface area contributed by atoms with Gasteiger partial charge in [-0.15, -0.1) is 0 Å². The number of para-hydroxylation sites is 1. The number of aromatic amines is 1. The first-order valence-corrected chi connectivity index (χ1v) is 7.83. The van der Waals surface area contributed by atoms with Crippen molar-refractivity contribution in [2.24, 2.45) is 0 Å². The summed E-state index contributed by atoms with van der Waals surface area (Å²) in [5, 5.41) is 7.62. The first-order chi connectivity index (χ1) is 11.5. The van der Waals surface area contributed by atoms with Crippen molar-refractivity contribution in [1.29, 1.82) is 0 Å². The Kier molecular flexibility index (Phi) is 4.41. The van der Waals surface area contributed by atoms with E-state index in [0.29, 0.717) is 17.4 Å². The van der Waals surface area contributed by atoms with Crippen molar-refractivity contribution in [3.63, 3.8) is 0 Å². The molecule has 0 aliphatic rings. The van der Waals surface area contributed by atoms with Crippen molar-refractivity contribution >= 4 is 16.8 Å². The molecule has 0 radical (unpaired) electrons. The molecule has 2 heterocycles. The summed E-state index contributed by atoms with van der Waals surface area (Å²) in [5.74, 6) is -0.351. The maximum absolute atomic E-state index is 12.2. The van der Waals surface area contributed by atoms with Gasteiger partial charge in [0.2, 0.25) is 0 Å². The van der Waals surface area contributed by atoms with Gasteiger partial charge in [0.25, 0.3) is 11.5 Å². The molecule has 1 amide bonds. The van der Waals surface area contributed by atoms with E-state index in [4.69, 9.17) is 0 Å². The number of nitrogens with one attached hydrogen (secondary N) is 2. The second kappa shape index (κ2) is 6.66. The van der Waals surface area contributed by atoms with E-state index in [1.807, 2.05) is 24.6 Å². The van der Waals surface area contributed by atoms with E-state index < -0.39 is 0 Å². The number of hydrogen-bond acceptors (Lipinski definition) is 4. The lowest BCUT2D eigenvalue weighted by molar-refractivity contribution is 0.0942. The summed E-state index contributed by atoms with van der Waals surface area (Å²) in [6, 6.07) is 8.95. The maximum Gasteiger partial charge on any atom is 0.287 e. The van der Waals surface area contributed by atoms with E-state index in [1.165, 1.54) is 0 Å².